The first kappa shape index (κ1) is 20.1. The number of nitrogens with zero attached hydrogens (tertiary/aromatic N) is 2. The average molecular weight is 402 g/mol. The summed E-state index contributed by atoms with van der Waals surface area (Å²) in [6.07, 6.45) is 5.04. The Morgan fingerprint density at radius 2 is 1.30 bits per heavy atom. The van der Waals surface area contributed by atoms with Crippen molar-refractivity contribution in [1.29, 1.82) is 0 Å². The zero-order chi connectivity index (χ0) is 21.3. The first-order valence-electron chi connectivity index (χ1n) is 10.4. The van der Waals surface area contributed by atoms with E-state index in [0.29, 0.717) is 12.8 Å². The van der Waals surface area contributed by atoms with E-state index in [1.54, 1.807) is 18.9 Å². The molecule has 5 heteroatoms. The number of allylic oxidation sites excluding steroid dienone is 2. The van der Waals surface area contributed by atoms with Gasteiger partial charge in [0.2, 0.25) is 17.7 Å². The van der Waals surface area contributed by atoms with Crippen molar-refractivity contribution >= 4 is 17.7 Å². The van der Waals surface area contributed by atoms with Gasteiger partial charge in [0, 0.05) is 7.05 Å². The summed E-state index contributed by atoms with van der Waals surface area (Å²) in [6, 6.07) is 18.4. The number of hydrogen-bond acceptors (Lipinski definition) is 3. The van der Waals surface area contributed by atoms with E-state index < -0.39 is 6.04 Å². The summed E-state index contributed by atoms with van der Waals surface area (Å²) in [5, 5.41) is 0. The molecule has 2 aliphatic rings. The third-order valence-corrected chi connectivity index (χ3v) is 6.25. The van der Waals surface area contributed by atoms with Gasteiger partial charge in [0.15, 0.2) is 0 Å². The number of hydrogen-bond donors (Lipinski definition) is 0. The smallest absolute Gasteiger partial charge is 0.246 e. The van der Waals surface area contributed by atoms with Crippen molar-refractivity contribution < 1.29 is 14.4 Å². The molecule has 1 aliphatic heterocycles. The molecule has 154 valence electrons. The van der Waals surface area contributed by atoms with Crippen LogP contribution in [0.15, 0.2) is 72.8 Å². The Morgan fingerprint density at radius 3 is 1.73 bits per heavy atom. The second-order valence-electron chi connectivity index (χ2n) is 8.05. The van der Waals surface area contributed by atoms with Crippen LogP contribution in [0.25, 0.3) is 0 Å². The van der Waals surface area contributed by atoms with E-state index in [4.69, 9.17) is 0 Å². The van der Waals surface area contributed by atoms with Gasteiger partial charge in [-0.2, -0.15) is 0 Å². The van der Waals surface area contributed by atoms with Crippen LogP contribution in [-0.2, 0) is 14.4 Å². The highest BCUT2D eigenvalue weighted by molar-refractivity contribution is 6.08. The maximum atomic E-state index is 13.5. The quantitative estimate of drug-likeness (QED) is 0.567. The van der Waals surface area contributed by atoms with E-state index in [9.17, 15) is 14.4 Å². The van der Waals surface area contributed by atoms with E-state index in [0.717, 1.165) is 11.1 Å². The maximum absolute atomic E-state index is 13.5. The van der Waals surface area contributed by atoms with Gasteiger partial charge in [-0.15, -0.1) is 0 Å². The number of likely N-dealkylation sites (tertiary alicyclic amines) is 1. The van der Waals surface area contributed by atoms with Crippen molar-refractivity contribution in [2.24, 2.45) is 11.8 Å². The molecular formula is C25H26N2O3. The number of carbonyl (C=O) groups excluding carboxylic acids is 3. The molecule has 0 aromatic heterocycles. The predicted octanol–water partition coefficient (Wildman–Crippen LogP) is 3.57. The average Bonchev–Trinajstić information content (AvgIpc) is 3.04. The van der Waals surface area contributed by atoms with E-state index >= 15 is 0 Å². The van der Waals surface area contributed by atoms with Crippen LogP contribution in [0.3, 0.4) is 0 Å². The van der Waals surface area contributed by atoms with Crippen molar-refractivity contribution in [2.45, 2.75) is 31.8 Å². The van der Waals surface area contributed by atoms with Gasteiger partial charge in [0.05, 0.1) is 17.9 Å². The van der Waals surface area contributed by atoms with Crippen molar-refractivity contribution in [3.63, 3.8) is 0 Å². The summed E-state index contributed by atoms with van der Waals surface area (Å²) in [4.78, 5) is 42.2. The monoisotopic (exact) mass is 402 g/mol. The third kappa shape index (κ3) is 3.45. The third-order valence-electron chi connectivity index (χ3n) is 6.25. The summed E-state index contributed by atoms with van der Waals surface area (Å²) in [7, 11) is 1.74. The molecule has 1 aliphatic carbocycles. The zero-order valence-corrected chi connectivity index (χ0v) is 17.3. The minimum absolute atomic E-state index is 0.223. The van der Waals surface area contributed by atoms with Crippen molar-refractivity contribution in [2.75, 3.05) is 7.05 Å². The Bertz CT molecular complexity index is 905. The van der Waals surface area contributed by atoms with E-state index in [2.05, 4.69) is 0 Å². The summed E-state index contributed by atoms with van der Waals surface area (Å²) < 4.78 is 0. The molecule has 30 heavy (non-hydrogen) atoms. The molecule has 2 aromatic carbocycles. The lowest BCUT2D eigenvalue weighted by molar-refractivity contribution is -0.151. The number of fused-ring (bicyclic) bond motifs is 1. The fourth-order valence-corrected chi connectivity index (χ4v) is 4.65. The lowest BCUT2D eigenvalue weighted by Crippen LogP contribution is -2.49. The van der Waals surface area contributed by atoms with Gasteiger partial charge >= 0.3 is 0 Å². The van der Waals surface area contributed by atoms with Crippen molar-refractivity contribution in [3.05, 3.63) is 83.9 Å². The van der Waals surface area contributed by atoms with Gasteiger partial charge in [0.25, 0.3) is 0 Å². The highest BCUT2D eigenvalue weighted by Gasteiger charge is 2.50. The molecule has 0 N–H and O–H groups in total. The largest absolute Gasteiger partial charge is 0.333 e. The van der Waals surface area contributed by atoms with Gasteiger partial charge in [-0.3, -0.25) is 19.3 Å². The molecule has 3 atom stereocenters. The second kappa shape index (κ2) is 8.27. The highest BCUT2D eigenvalue weighted by Crippen LogP contribution is 2.37. The van der Waals surface area contributed by atoms with Crippen molar-refractivity contribution in [1.82, 2.24) is 9.80 Å². The van der Waals surface area contributed by atoms with Crippen LogP contribution >= 0.6 is 0 Å². The minimum Gasteiger partial charge on any atom is -0.333 e. The number of amides is 3. The lowest BCUT2D eigenvalue weighted by atomic mass is 9.85. The number of likely N-dealkylation sites (N-methyl/N-ethyl adjacent to an activating group) is 1. The lowest BCUT2D eigenvalue weighted by Gasteiger charge is -2.33. The van der Waals surface area contributed by atoms with Gasteiger partial charge in [-0.1, -0.05) is 72.8 Å². The second-order valence-corrected chi connectivity index (χ2v) is 8.05. The Kier molecular flexibility index (Phi) is 5.53. The summed E-state index contributed by atoms with van der Waals surface area (Å²) >= 11 is 0. The van der Waals surface area contributed by atoms with Crippen LogP contribution < -0.4 is 0 Å². The SMILES string of the molecule is C[C@@H](C(=O)N(C)C(c1ccccc1)c1ccccc1)N1C(=O)[C@H]2CC=CC[C@H]2C1=O. The number of imide groups is 1. The van der Waals surface area contributed by atoms with Crippen LogP contribution in [0.1, 0.15) is 36.9 Å². The molecule has 3 amide bonds. The Labute approximate surface area is 177 Å². The van der Waals surface area contributed by atoms with Gasteiger partial charge < -0.3 is 4.90 Å². The molecule has 5 nitrogen and oxygen atoms in total. The van der Waals surface area contributed by atoms with Crippen LogP contribution in [-0.4, -0.2) is 40.6 Å². The minimum atomic E-state index is -0.837. The van der Waals surface area contributed by atoms with Crippen LogP contribution in [0.2, 0.25) is 0 Å². The Balaban J connectivity index is 1.62. The normalized spacial score (nSPS) is 21.6. The molecule has 0 unspecified atom stereocenters. The first-order valence-corrected chi connectivity index (χ1v) is 10.4. The Hall–Kier alpha value is -3.21. The molecule has 1 saturated heterocycles. The zero-order valence-electron chi connectivity index (χ0n) is 17.3. The molecule has 1 heterocycles. The number of rotatable bonds is 5. The fraction of sp³-hybridized carbons (Fsp3) is 0.320. The molecule has 0 spiro atoms. The fourth-order valence-electron chi connectivity index (χ4n) is 4.65. The van der Waals surface area contributed by atoms with Crippen LogP contribution in [0, 0.1) is 11.8 Å². The molecule has 0 radical (unpaired) electrons. The summed E-state index contributed by atoms with van der Waals surface area (Å²) in [5.74, 6) is -1.36. The predicted molar refractivity (Wildman–Crippen MR) is 114 cm³/mol. The van der Waals surface area contributed by atoms with Gasteiger partial charge in [0.1, 0.15) is 6.04 Å². The van der Waals surface area contributed by atoms with Gasteiger partial charge in [-0.25, -0.2) is 0 Å². The Morgan fingerprint density at radius 1 is 0.867 bits per heavy atom. The maximum Gasteiger partial charge on any atom is 0.246 e. The summed E-state index contributed by atoms with van der Waals surface area (Å²) in [5.41, 5.74) is 1.95. The summed E-state index contributed by atoms with van der Waals surface area (Å²) in [6.45, 7) is 1.66. The van der Waals surface area contributed by atoms with E-state index in [-0.39, 0.29) is 35.6 Å². The van der Waals surface area contributed by atoms with Crippen molar-refractivity contribution in [3.8, 4) is 0 Å². The standard InChI is InChI=1S/C25H26N2O3/c1-17(27-24(29)20-15-9-10-16-21(20)25(27)30)23(28)26(2)22(18-11-5-3-6-12-18)19-13-7-4-8-14-19/h3-14,17,20-22H,15-16H2,1-2H3/t17-,20-,21+/m0/s1. The van der Waals surface area contributed by atoms with E-state index in [1.165, 1.54) is 4.90 Å². The molecule has 0 bridgehead atoms. The van der Waals surface area contributed by atoms with Crippen LogP contribution in [0.5, 0.6) is 0 Å². The topological polar surface area (TPSA) is 57.7 Å². The molecular weight excluding hydrogens is 376 g/mol. The number of carbonyl (C=O) groups is 3. The molecule has 4 rings (SSSR count). The molecule has 2 aromatic rings. The molecule has 1 fully saturated rings. The van der Waals surface area contributed by atoms with E-state index in [1.807, 2.05) is 72.8 Å². The van der Waals surface area contributed by atoms with Gasteiger partial charge in [-0.05, 0) is 30.9 Å². The number of benzene rings is 2. The first-order chi connectivity index (χ1) is 14.5. The molecule has 0 saturated carbocycles. The van der Waals surface area contributed by atoms with Crippen LogP contribution in [0.4, 0.5) is 0 Å². The highest BCUT2D eigenvalue weighted by atomic mass is 16.2.